The molecule has 0 fully saturated rings. The number of benzene rings is 1. The molecule has 0 spiro atoms. The summed E-state index contributed by atoms with van der Waals surface area (Å²) in [4.78, 5) is 13.7. The van der Waals surface area contributed by atoms with Crippen molar-refractivity contribution in [2.24, 2.45) is 0 Å². The monoisotopic (exact) mass is 337 g/mol. The molecule has 0 aromatic heterocycles. The summed E-state index contributed by atoms with van der Waals surface area (Å²) < 4.78 is 29.5. The van der Waals surface area contributed by atoms with Crippen molar-refractivity contribution >= 4 is 11.7 Å². The summed E-state index contributed by atoms with van der Waals surface area (Å²) in [5.74, 6) is -0.241. The fourth-order valence-electron chi connectivity index (χ4n) is 2.48. The second-order valence-corrected chi connectivity index (χ2v) is 6.60. The van der Waals surface area contributed by atoms with Crippen molar-refractivity contribution in [1.82, 2.24) is 4.90 Å². The van der Waals surface area contributed by atoms with E-state index in [1.54, 1.807) is 17.0 Å². The number of carbonyl (C=O) groups excluding carboxylic acids is 1. The minimum absolute atomic E-state index is 0.139. The second kappa shape index (κ2) is 7.11. The molecule has 0 unspecified atom stereocenters. The first kappa shape index (κ1) is 18.1. The Kier molecular flexibility index (Phi) is 5.36. The van der Waals surface area contributed by atoms with E-state index in [-0.39, 0.29) is 17.6 Å². The molecule has 1 aliphatic heterocycles. The van der Waals surface area contributed by atoms with E-state index in [1.807, 2.05) is 26.8 Å². The van der Waals surface area contributed by atoms with Gasteiger partial charge in [0.2, 0.25) is 5.82 Å². The van der Waals surface area contributed by atoms with E-state index < -0.39 is 11.4 Å². The Labute approximate surface area is 142 Å². The van der Waals surface area contributed by atoms with Gasteiger partial charge in [-0.15, -0.1) is 0 Å². The van der Waals surface area contributed by atoms with Gasteiger partial charge in [0.05, 0.1) is 14.2 Å². The normalized spacial score (nSPS) is 14.9. The number of rotatable bonds is 3. The van der Waals surface area contributed by atoms with Crippen LogP contribution in [0, 0.1) is 5.82 Å². The Morgan fingerprint density at radius 1 is 1.17 bits per heavy atom. The zero-order valence-corrected chi connectivity index (χ0v) is 14.8. The van der Waals surface area contributed by atoms with E-state index in [0.717, 1.165) is 11.1 Å². The fraction of sp³-hybridized carbons (Fsp3) is 0.500. The molecule has 0 radical (unpaired) electrons. The highest BCUT2D eigenvalue weighted by Gasteiger charge is 2.24. The van der Waals surface area contributed by atoms with Gasteiger partial charge in [-0.25, -0.2) is 4.79 Å². The van der Waals surface area contributed by atoms with Gasteiger partial charge in [0.15, 0.2) is 11.5 Å². The molecule has 1 amide bonds. The van der Waals surface area contributed by atoms with Gasteiger partial charge in [-0.05, 0) is 50.5 Å². The highest BCUT2D eigenvalue weighted by atomic mass is 19.1. The number of amides is 1. The predicted molar refractivity (Wildman–Crippen MR) is 89.9 cm³/mol. The number of nitrogens with zero attached hydrogens (tertiary/aromatic N) is 1. The topological polar surface area (TPSA) is 48.0 Å². The van der Waals surface area contributed by atoms with E-state index >= 15 is 0 Å². The zero-order valence-electron chi connectivity index (χ0n) is 14.8. The Hall–Kier alpha value is -2.24. The number of ether oxygens (including phenoxy) is 3. The van der Waals surface area contributed by atoms with Crippen LogP contribution in [0.5, 0.6) is 11.5 Å². The Morgan fingerprint density at radius 2 is 1.75 bits per heavy atom. The molecule has 24 heavy (non-hydrogen) atoms. The van der Waals surface area contributed by atoms with E-state index in [0.29, 0.717) is 19.5 Å². The van der Waals surface area contributed by atoms with E-state index in [2.05, 4.69) is 0 Å². The molecule has 132 valence electrons. The maximum absolute atomic E-state index is 14.0. The lowest BCUT2D eigenvalue weighted by Crippen LogP contribution is -2.39. The van der Waals surface area contributed by atoms with Gasteiger partial charge in [-0.3, -0.25) is 0 Å². The summed E-state index contributed by atoms with van der Waals surface area (Å²) in [7, 11) is 2.84. The van der Waals surface area contributed by atoms with Gasteiger partial charge in [0.1, 0.15) is 5.60 Å². The Balaban J connectivity index is 2.17. The number of carbonyl (C=O) groups is 1. The highest BCUT2D eigenvalue weighted by Crippen LogP contribution is 2.33. The smallest absolute Gasteiger partial charge is 0.410 e. The molecule has 1 heterocycles. The number of methoxy groups -OCH3 is 2. The van der Waals surface area contributed by atoms with Crippen LogP contribution in [0.25, 0.3) is 5.57 Å². The largest absolute Gasteiger partial charge is 0.494 e. The molecule has 6 heteroatoms. The highest BCUT2D eigenvalue weighted by molar-refractivity contribution is 5.73. The lowest BCUT2D eigenvalue weighted by atomic mass is 9.99. The van der Waals surface area contributed by atoms with Gasteiger partial charge in [-0.1, -0.05) is 6.08 Å². The van der Waals surface area contributed by atoms with Crippen LogP contribution in [-0.2, 0) is 4.74 Å². The van der Waals surface area contributed by atoms with Gasteiger partial charge >= 0.3 is 6.09 Å². The third kappa shape index (κ3) is 4.19. The van der Waals surface area contributed by atoms with Gasteiger partial charge < -0.3 is 19.1 Å². The van der Waals surface area contributed by atoms with E-state index in [9.17, 15) is 9.18 Å². The molecular weight excluding hydrogens is 313 g/mol. The van der Waals surface area contributed by atoms with Gasteiger partial charge in [0, 0.05) is 13.1 Å². The molecule has 1 aromatic rings. The fourth-order valence-corrected chi connectivity index (χ4v) is 2.48. The lowest BCUT2D eigenvalue weighted by molar-refractivity contribution is 0.0270. The van der Waals surface area contributed by atoms with Crippen molar-refractivity contribution < 1.29 is 23.4 Å². The quantitative estimate of drug-likeness (QED) is 0.840. The number of hydrogen-bond acceptors (Lipinski definition) is 4. The summed E-state index contributed by atoms with van der Waals surface area (Å²) >= 11 is 0. The van der Waals surface area contributed by atoms with Crippen LogP contribution in [0.15, 0.2) is 18.2 Å². The maximum atomic E-state index is 14.0. The maximum Gasteiger partial charge on any atom is 0.410 e. The summed E-state index contributed by atoms with van der Waals surface area (Å²) in [6.45, 7) is 6.52. The first-order valence-corrected chi connectivity index (χ1v) is 7.84. The van der Waals surface area contributed by atoms with E-state index in [1.165, 1.54) is 14.2 Å². The molecule has 0 bridgehead atoms. The first-order valence-electron chi connectivity index (χ1n) is 7.84. The Morgan fingerprint density at radius 3 is 2.17 bits per heavy atom. The van der Waals surface area contributed by atoms with Crippen molar-refractivity contribution in [3.63, 3.8) is 0 Å². The van der Waals surface area contributed by atoms with Crippen molar-refractivity contribution in [3.05, 3.63) is 29.6 Å². The molecule has 0 N–H and O–H groups in total. The van der Waals surface area contributed by atoms with Crippen molar-refractivity contribution in [3.8, 4) is 11.5 Å². The summed E-state index contributed by atoms with van der Waals surface area (Å²) in [5, 5.41) is 0. The molecule has 1 aromatic carbocycles. The van der Waals surface area contributed by atoms with Crippen LogP contribution in [0.4, 0.5) is 9.18 Å². The number of hydrogen-bond donors (Lipinski definition) is 0. The molecule has 1 aliphatic rings. The predicted octanol–water partition coefficient (Wildman–Crippen LogP) is 3.87. The SMILES string of the molecule is COc1cc(C2=CCN(C(=O)OC(C)(C)C)CC2)cc(OC)c1F. The minimum atomic E-state index is -0.518. The third-order valence-electron chi connectivity index (χ3n) is 3.68. The molecule has 0 atom stereocenters. The Bertz CT molecular complexity index is 624. The van der Waals surface area contributed by atoms with Crippen molar-refractivity contribution in [1.29, 1.82) is 0 Å². The summed E-state index contributed by atoms with van der Waals surface area (Å²) in [6, 6.07) is 3.29. The molecule has 0 saturated heterocycles. The van der Waals surface area contributed by atoms with E-state index in [4.69, 9.17) is 14.2 Å². The molecule has 0 saturated carbocycles. The standard InChI is InChI=1S/C18H24FNO4/c1-18(2,3)24-17(21)20-8-6-12(7-9-20)13-10-14(22-4)16(19)15(11-13)23-5/h6,10-11H,7-9H2,1-5H3. The average molecular weight is 337 g/mol. The molecule has 0 aliphatic carbocycles. The summed E-state index contributed by atoms with van der Waals surface area (Å²) in [5.41, 5.74) is 1.33. The summed E-state index contributed by atoms with van der Waals surface area (Å²) in [6.07, 6.45) is 2.27. The lowest BCUT2D eigenvalue weighted by Gasteiger charge is -2.29. The van der Waals surface area contributed by atoms with Gasteiger partial charge in [0.25, 0.3) is 0 Å². The van der Waals surface area contributed by atoms with Crippen molar-refractivity contribution in [2.45, 2.75) is 32.8 Å². The third-order valence-corrected chi connectivity index (χ3v) is 3.68. The first-order chi connectivity index (χ1) is 11.2. The second-order valence-electron chi connectivity index (χ2n) is 6.60. The van der Waals surface area contributed by atoms with Crippen LogP contribution in [-0.4, -0.2) is 43.9 Å². The van der Waals surface area contributed by atoms with Crippen molar-refractivity contribution in [2.75, 3.05) is 27.3 Å². The zero-order chi connectivity index (χ0) is 17.9. The van der Waals surface area contributed by atoms with Crippen LogP contribution >= 0.6 is 0 Å². The van der Waals surface area contributed by atoms with Gasteiger partial charge in [-0.2, -0.15) is 4.39 Å². The van der Waals surface area contributed by atoms with Crippen LogP contribution in [0.3, 0.4) is 0 Å². The molecule has 5 nitrogen and oxygen atoms in total. The van der Waals surface area contributed by atoms with Crippen LogP contribution in [0.2, 0.25) is 0 Å². The van der Waals surface area contributed by atoms with Crippen LogP contribution < -0.4 is 9.47 Å². The number of halogens is 1. The molecular formula is C18H24FNO4. The minimum Gasteiger partial charge on any atom is -0.494 e. The average Bonchev–Trinajstić information content (AvgIpc) is 2.53. The molecule has 2 rings (SSSR count). The van der Waals surface area contributed by atoms with Crippen LogP contribution in [0.1, 0.15) is 32.8 Å².